The summed E-state index contributed by atoms with van der Waals surface area (Å²) in [5.41, 5.74) is 3.94. The van der Waals surface area contributed by atoms with Crippen molar-refractivity contribution in [1.82, 2.24) is 0 Å². The first-order chi connectivity index (χ1) is 11.5. The van der Waals surface area contributed by atoms with Crippen molar-refractivity contribution in [3.63, 3.8) is 0 Å². The van der Waals surface area contributed by atoms with E-state index < -0.39 is 6.16 Å². The van der Waals surface area contributed by atoms with Gasteiger partial charge in [-0.05, 0) is 61.5 Å². The van der Waals surface area contributed by atoms with E-state index in [1.54, 1.807) is 0 Å². The van der Waals surface area contributed by atoms with Crippen LogP contribution in [0.15, 0.2) is 18.2 Å². The minimum absolute atomic E-state index is 0.224. The zero-order valence-corrected chi connectivity index (χ0v) is 16.1. The lowest BCUT2D eigenvalue weighted by Gasteiger charge is -2.40. The largest absolute Gasteiger partial charge is 0.503 e. The molecular formula is C21H32O4. The monoisotopic (exact) mass is 348 g/mol. The molecule has 4 heteroatoms. The number of Topliss-reactive ketones (excluding diaryl/α,β-unsaturated/α-hetero) is 1. The maximum Gasteiger partial charge on any atom is 0.503 e. The fourth-order valence-corrected chi connectivity index (χ4v) is 3.90. The topological polar surface area (TPSA) is 74.6 Å². The van der Waals surface area contributed by atoms with E-state index in [2.05, 4.69) is 52.8 Å². The molecule has 0 heterocycles. The Morgan fingerprint density at radius 2 is 1.76 bits per heavy atom. The molecule has 1 saturated carbocycles. The average Bonchev–Trinajstić information content (AvgIpc) is 2.46. The quantitative estimate of drug-likeness (QED) is 0.754. The summed E-state index contributed by atoms with van der Waals surface area (Å²) in [5, 5.41) is 13.9. The predicted molar refractivity (Wildman–Crippen MR) is 100 cm³/mol. The molecule has 0 bridgehead atoms. The first-order valence-corrected chi connectivity index (χ1v) is 9.02. The summed E-state index contributed by atoms with van der Waals surface area (Å²) in [6.07, 6.45) is 3.20. The smallest absolute Gasteiger partial charge is 0.450 e. The number of carboxylic acid groups (broad SMARTS) is 2. The van der Waals surface area contributed by atoms with Gasteiger partial charge < -0.3 is 10.2 Å². The van der Waals surface area contributed by atoms with Gasteiger partial charge in [-0.2, -0.15) is 0 Å². The molecule has 1 fully saturated rings. The molecule has 0 saturated heterocycles. The summed E-state index contributed by atoms with van der Waals surface area (Å²) in [4.78, 5) is 21.1. The summed E-state index contributed by atoms with van der Waals surface area (Å²) < 4.78 is 0. The zero-order valence-electron chi connectivity index (χ0n) is 16.1. The van der Waals surface area contributed by atoms with E-state index in [-0.39, 0.29) is 5.41 Å². The van der Waals surface area contributed by atoms with E-state index in [4.69, 9.17) is 15.0 Å². The number of benzene rings is 1. The van der Waals surface area contributed by atoms with E-state index in [0.29, 0.717) is 12.2 Å². The van der Waals surface area contributed by atoms with Crippen molar-refractivity contribution in [2.45, 2.75) is 66.7 Å². The van der Waals surface area contributed by atoms with E-state index in [1.165, 1.54) is 36.0 Å². The summed E-state index contributed by atoms with van der Waals surface area (Å²) in [7, 11) is 0. The average molecular weight is 348 g/mol. The summed E-state index contributed by atoms with van der Waals surface area (Å²) in [5.74, 6) is 1.97. The predicted octanol–water partition coefficient (Wildman–Crippen LogP) is 5.49. The van der Waals surface area contributed by atoms with Crippen LogP contribution in [-0.2, 0) is 11.2 Å². The molecule has 1 aromatic rings. The third-order valence-corrected chi connectivity index (χ3v) is 5.50. The van der Waals surface area contributed by atoms with Gasteiger partial charge in [0, 0.05) is 12.8 Å². The van der Waals surface area contributed by atoms with Gasteiger partial charge in [-0.15, -0.1) is 0 Å². The van der Waals surface area contributed by atoms with E-state index in [9.17, 15) is 4.79 Å². The fourth-order valence-electron chi connectivity index (χ4n) is 3.90. The van der Waals surface area contributed by atoms with Crippen LogP contribution in [0.25, 0.3) is 0 Å². The first-order valence-electron chi connectivity index (χ1n) is 9.02. The van der Waals surface area contributed by atoms with E-state index >= 15 is 0 Å². The third kappa shape index (κ3) is 7.29. The van der Waals surface area contributed by atoms with Crippen LogP contribution in [0.3, 0.4) is 0 Å². The molecule has 25 heavy (non-hydrogen) atoms. The highest BCUT2D eigenvalue weighted by Crippen LogP contribution is 2.44. The van der Waals surface area contributed by atoms with Gasteiger partial charge in [0.2, 0.25) is 0 Å². The van der Waals surface area contributed by atoms with Crippen LogP contribution in [0.1, 0.15) is 63.1 Å². The Morgan fingerprint density at radius 3 is 2.28 bits per heavy atom. The lowest BCUT2D eigenvalue weighted by atomic mass is 9.65. The van der Waals surface area contributed by atoms with Crippen molar-refractivity contribution in [3.05, 3.63) is 34.9 Å². The number of aryl methyl sites for hydroxylation is 2. The van der Waals surface area contributed by atoms with E-state index in [0.717, 1.165) is 18.3 Å². The molecule has 0 aromatic heterocycles. The molecule has 3 atom stereocenters. The van der Waals surface area contributed by atoms with Crippen LogP contribution in [-0.4, -0.2) is 22.2 Å². The Bertz CT molecular complexity index is 604. The van der Waals surface area contributed by atoms with Crippen molar-refractivity contribution in [2.75, 3.05) is 0 Å². The van der Waals surface area contributed by atoms with Gasteiger partial charge >= 0.3 is 6.16 Å². The Balaban J connectivity index is 0.000000705. The number of carbonyl (C=O) groups is 2. The highest BCUT2D eigenvalue weighted by molar-refractivity contribution is 5.81. The van der Waals surface area contributed by atoms with Crippen LogP contribution < -0.4 is 0 Å². The highest BCUT2D eigenvalue weighted by Gasteiger charge is 2.35. The molecule has 140 valence electrons. The number of rotatable bonds is 4. The molecule has 1 aliphatic rings. The molecule has 3 unspecified atom stereocenters. The molecule has 2 rings (SSSR count). The number of hydrogen-bond donors (Lipinski definition) is 2. The standard InChI is InChI=1S/C20H30O.CH2O3/c1-14-6-7-18(16(3)10-14)11-19(21)13-20(5)9-8-15(2)17(4)12-20;2-1(3)4/h6-7,10,15,17H,8-9,11-13H2,1-5H3;(H2,2,3,4). The zero-order chi connectivity index (χ0) is 19.2. The fraction of sp³-hybridized carbons (Fsp3) is 0.619. The Morgan fingerprint density at radius 1 is 1.16 bits per heavy atom. The maximum absolute atomic E-state index is 12.5. The number of carbonyl (C=O) groups excluding carboxylic acids is 1. The number of ketones is 1. The minimum atomic E-state index is -1.83. The SMILES string of the molecule is Cc1ccc(CC(=O)CC2(C)CCC(C)C(C)C2)c(C)c1.O=C(O)O. The van der Waals surface area contributed by atoms with E-state index in [1.807, 2.05) is 0 Å². The molecule has 2 N–H and O–H groups in total. The van der Waals surface area contributed by atoms with Crippen molar-refractivity contribution in [1.29, 1.82) is 0 Å². The van der Waals surface area contributed by atoms with Gasteiger partial charge in [0.25, 0.3) is 0 Å². The lowest BCUT2D eigenvalue weighted by molar-refractivity contribution is -0.121. The van der Waals surface area contributed by atoms with Crippen molar-refractivity contribution >= 4 is 11.9 Å². The van der Waals surface area contributed by atoms with Crippen LogP contribution in [0.4, 0.5) is 4.79 Å². The lowest BCUT2D eigenvalue weighted by Crippen LogP contribution is -2.31. The van der Waals surface area contributed by atoms with Crippen LogP contribution in [0.2, 0.25) is 0 Å². The van der Waals surface area contributed by atoms with Gasteiger partial charge in [0.1, 0.15) is 5.78 Å². The summed E-state index contributed by atoms with van der Waals surface area (Å²) >= 11 is 0. The molecule has 0 aliphatic heterocycles. The van der Waals surface area contributed by atoms with Gasteiger partial charge in [0.15, 0.2) is 0 Å². The second-order valence-corrected chi connectivity index (χ2v) is 8.11. The Hall–Kier alpha value is -1.84. The van der Waals surface area contributed by atoms with Gasteiger partial charge in [0.05, 0.1) is 0 Å². The van der Waals surface area contributed by atoms with Crippen molar-refractivity contribution < 1.29 is 19.8 Å². The van der Waals surface area contributed by atoms with Crippen LogP contribution in [0, 0.1) is 31.1 Å². The van der Waals surface area contributed by atoms with Gasteiger partial charge in [-0.1, -0.05) is 44.5 Å². The van der Waals surface area contributed by atoms with Gasteiger partial charge in [-0.25, -0.2) is 4.79 Å². The highest BCUT2D eigenvalue weighted by atomic mass is 16.6. The molecule has 0 spiro atoms. The van der Waals surface area contributed by atoms with Crippen molar-refractivity contribution in [3.8, 4) is 0 Å². The maximum atomic E-state index is 12.5. The van der Waals surface area contributed by atoms with Crippen LogP contribution >= 0.6 is 0 Å². The second kappa shape index (κ2) is 9.02. The second-order valence-electron chi connectivity index (χ2n) is 8.11. The normalized spacial score (nSPS) is 25.6. The van der Waals surface area contributed by atoms with Gasteiger partial charge in [-0.3, -0.25) is 4.79 Å². The Kier molecular flexibility index (Phi) is 7.65. The molecule has 0 amide bonds. The molecule has 0 radical (unpaired) electrons. The van der Waals surface area contributed by atoms with Crippen LogP contribution in [0.5, 0.6) is 0 Å². The molecule has 1 aliphatic carbocycles. The molecule has 4 nitrogen and oxygen atoms in total. The minimum Gasteiger partial charge on any atom is -0.450 e. The number of hydrogen-bond acceptors (Lipinski definition) is 2. The third-order valence-electron chi connectivity index (χ3n) is 5.50. The first kappa shape index (κ1) is 21.2. The summed E-state index contributed by atoms with van der Waals surface area (Å²) in [6.45, 7) is 11.2. The molecule has 1 aromatic carbocycles. The Labute approximate surface area is 151 Å². The molecular weight excluding hydrogens is 316 g/mol. The summed E-state index contributed by atoms with van der Waals surface area (Å²) in [6, 6.07) is 6.41. The van der Waals surface area contributed by atoms with Crippen molar-refractivity contribution in [2.24, 2.45) is 17.3 Å².